The van der Waals surface area contributed by atoms with E-state index in [1.54, 1.807) is 0 Å². The maximum Gasteiger partial charge on any atom is 0.178 e. The van der Waals surface area contributed by atoms with Gasteiger partial charge in [0.2, 0.25) is 0 Å². The first kappa shape index (κ1) is 41.1. The van der Waals surface area contributed by atoms with Gasteiger partial charge in [0, 0.05) is 59.4 Å². The number of aromatic nitrogens is 4. The molecule has 346 valence electrons. The van der Waals surface area contributed by atoms with E-state index in [0.717, 1.165) is 104 Å². The molecule has 6 heterocycles. The highest BCUT2D eigenvalue weighted by atomic mass is 31.2. The summed E-state index contributed by atoms with van der Waals surface area (Å²) < 4.78 is 35.2. The Kier molecular flexibility index (Phi) is 8.60. The van der Waals surface area contributed by atoms with E-state index in [1.807, 2.05) is 91.0 Å². The van der Waals surface area contributed by atoms with Gasteiger partial charge in [-0.1, -0.05) is 176 Å². The third kappa shape index (κ3) is 5.70. The SMILES string of the molecule is O=P(c1ccccc1)(c1ccc(-c2ccc3c(c2)oc2c(-n4c5ccccc5c5ccc6c7ccccc7n(-c7ccccc7)c6c54)c4ccccc4nc23)cc1)c1c2ccccc2nc2c1oc1ccccc12. The van der Waals surface area contributed by atoms with Crippen molar-refractivity contribution in [3.8, 4) is 22.5 Å². The lowest BCUT2D eigenvalue weighted by Crippen LogP contribution is -2.26. The van der Waals surface area contributed by atoms with Gasteiger partial charge in [-0.25, -0.2) is 9.97 Å². The second-order valence-electron chi connectivity index (χ2n) is 19.1. The average molecular weight is 967 g/mol. The van der Waals surface area contributed by atoms with E-state index >= 15 is 4.57 Å². The monoisotopic (exact) mass is 966 g/mol. The first-order valence-electron chi connectivity index (χ1n) is 24.8. The summed E-state index contributed by atoms with van der Waals surface area (Å²) in [6.45, 7) is 0. The molecular weight excluding hydrogens is 928 g/mol. The molecule has 74 heavy (non-hydrogen) atoms. The van der Waals surface area contributed by atoms with Crippen LogP contribution in [0.1, 0.15) is 0 Å². The Balaban J connectivity index is 0.911. The number of fused-ring (bicyclic) bond motifs is 15. The first-order valence-corrected chi connectivity index (χ1v) is 26.5. The Labute approximate surface area is 422 Å². The molecule has 10 aromatic carbocycles. The summed E-state index contributed by atoms with van der Waals surface area (Å²) in [6, 6.07) is 81.2. The zero-order chi connectivity index (χ0) is 48.6. The molecule has 1 atom stereocenters. The summed E-state index contributed by atoms with van der Waals surface area (Å²) in [5, 5.41) is 10.3. The number of furan rings is 2. The summed E-state index contributed by atoms with van der Waals surface area (Å²) >= 11 is 0. The van der Waals surface area contributed by atoms with Gasteiger partial charge >= 0.3 is 0 Å². The summed E-state index contributed by atoms with van der Waals surface area (Å²) in [6.07, 6.45) is 0. The van der Waals surface area contributed by atoms with Crippen molar-refractivity contribution in [1.82, 2.24) is 19.1 Å². The van der Waals surface area contributed by atoms with Crippen LogP contribution in [-0.2, 0) is 4.57 Å². The summed E-state index contributed by atoms with van der Waals surface area (Å²) in [4.78, 5) is 10.4. The molecule has 0 fully saturated rings. The van der Waals surface area contributed by atoms with Crippen molar-refractivity contribution in [3.05, 3.63) is 237 Å². The highest BCUT2D eigenvalue weighted by Crippen LogP contribution is 2.49. The zero-order valence-electron chi connectivity index (χ0n) is 39.5. The molecule has 0 saturated heterocycles. The highest BCUT2D eigenvalue weighted by Gasteiger charge is 2.36. The van der Waals surface area contributed by atoms with Crippen molar-refractivity contribution >= 4 is 133 Å². The van der Waals surface area contributed by atoms with E-state index in [4.69, 9.17) is 18.8 Å². The van der Waals surface area contributed by atoms with Crippen molar-refractivity contribution in [3.63, 3.8) is 0 Å². The topological polar surface area (TPSA) is 79.0 Å². The van der Waals surface area contributed by atoms with Crippen molar-refractivity contribution in [2.45, 2.75) is 0 Å². The second kappa shape index (κ2) is 15.5. The van der Waals surface area contributed by atoms with E-state index in [1.165, 1.54) is 10.8 Å². The molecule has 16 rings (SSSR count). The molecule has 16 aromatic rings. The molecule has 7 nitrogen and oxygen atoms in total. The number of hydrogen-bond donors (Lipinski definition) is 0. The van der Waals surface area contributed by atoms with Gasteiger partial charge in [-0.3, -0.25) is 0 Å². The van der Waals surface area contributed by atoms with Crippen LogP contribution in [0.3, 0.4) is 0 Å². The summed E-state index contributed by atoms with van der Waals surface area (Å²) in [5.41, 5.74) is 14.2. The molecule has 6 aromatic heterocycles. The lowest BCUT2D eigenvalue weighted by molar-refractivity contribution is 0.592. The van der Waals surface area contributed by atoms with Gasteiger partial charge in [0.1, 0.15) is 27.9 Å². The molecular formula is C66H39N4O3P. The Morgan fingerprint density at radius 2 is 0.851 bits per heavy atom. The molecule has 0 N–H and O–H groups in total. The number of nitrogens with zero attached hydrogens (tertiary/aromatic N) is 4. The van der Waals surface area contributed by atoms with Crippen LogP contribution in [0.15, 0.2) is 245 Å². The van der Waals surface area contributed by atoms with Gasteiger partial charge in [-0.15, -0.1) is 0 Å². The maximum absolute atomic E-state index is 16.5. The Morgan fingerprint density at radius 1 is 0.365 bits per heavy atom. The lowest BCUT2D eigenvalue weighted by Gasteiger charge is -2.22. The van der Waals surface area contributed by atoms with Crippen LogP contribution in [0, 0.1) is 0 Å². The van der Waals surface area contributed by atoms with Gasteiger partial charge in [-0.2, -0.15) is 0 Å². The number of rotatable bonds is 6. The molecule has 0 radical (unpaired) electrons. The van der Waals surface area contributed by atoms with Crippen LogP contribution in [0.25, 0.3) is 132 Å². The lowest BCUT2D eigenvalue weighted by atomic mass is 10.0. The molecule has 0 spiro atoms. The molecule has 0 bridgehead atoms. The predicted molar refractivity (Wildman–Crippen MR) is 305 cm³/mol. The standard InChI is InChI=1S/C66H39N4O3P/c71-74(43-19-5-2-6-20-43,66-50-24-8-13-27-54(50)68-60-51-25-11-16-30-57(51)72-65(60)66)44-34-31-40(32-35-44)41-33-36-52-58(39-41)73-64-59(52)67-53-26-12-7-23-49(53)63(64)70-56-29-15-10-22-46(56)48-38-37-47-45-21-9-14-28-55(45)69(61(47)62(48)70)42-17-3-1-4-18-42/h1-39H. The minimum absolute atomic E-state index is 0.543. The van der Waals surface area contributed by atoms with E-state index in [-0.39, 0.29) is 0 Å². The van der Waals surface area contributed by atoms with Crippen molar-refractivity contribution < 1.29 is 13.4 Å². The molecule has 0 aliphatic carbocycles. The molecule has 0 saturated carbocycles. The Hall–Kier alpha value is -9.55. The van der Waals surface area contributed by atoms with E-state index < -0.39 is 7.14 Å². The van der Waals surface area contributed by atoms with Gasteiger partial charge in [0.05, 0.1) is 38.4 Å². The Bertz CT molecular complexity index is 5050. The zero-order valence-corrected chi connectivity index (χ0v) is 40.4. The number of hydrogen-bond acceptors (Lipinski definition) is 5. The highest BCUT2D eigenvalue weighted by molar-refractivity contribution is 7.86. The fourth-order valence-corrected chi connectivity index (χ4v) is 14.8. The predicted octanol–water partition coefficient (Wildman–Crippen LogP) is 16.1. The van der Waals surface area contributed by atoms with Crippen LogP contribution < -0.4 is 15.9 Å². The minimum atomic E-state index is -3.59. The smallest absolute Gasteiger partial charge is 0.178 e. The number of benzene rings is 10. The quantitative estimate of drug-likeness (QED) is 0.155. The van der Waals surface area contributed by atoms with E-state index in [2.05, 4.69) is 155 Å². The fraction of sp³-hybridized carbons (Fsp3) is 0. The third-order valence-electron chi connectivity index (χ3n) is 15.2. The second-order valence-corrected chi connectivity index (χ2v) is 21.8. The number of pyridine rings is 2. The van der Waals surface area contributed by atoms with Crippen molar-refractivity contribution in [2.75, 3.05) is 0 Å². The summed E-state index contributed by atoms with van der Waals surface area (Å²) in [5.74, 6) is 0. The van der Waals surface area contributed by atoms with Crippen LogP contribution in [0.5, 0.6) is 0 Å². The first-order chi connectivity index (χ1) is 36.6. The van der Waals surface area contributed by atoms with Crippen LogP contribution in [0.2, 0.25) is 0 Å². The van der Waals surface area contributed by atoms with Gasteiger partial charge < -0.3 is 22.5 Å². The van der Waals surface area contributed by atoms with E-state index in [0.29, 0.717) is 32.9 Å². The molecule has 0 aliphatic heterocycles. The van der Waals surface area contributed by atoms with Crippen LogP contribution in [0.4, 0.5) is 0 Å². The average Bonchev–Trinajstić information content (AvgIpc) is 4.28. The largest absolute Gasteiger partial charge is 0.454 e. The van der Waals surface area contributed by atoms with Gasteiger partial charge in [-0.05, 0) is 71.8 Å². The third-order valence-corrected chi connectivity index (χ3v) is 18.3. The fourth-order valence-electron chi connectivity index (χ4n) is 11.9. The van der Waals surface area contributed by atoms with E-state index in [9.17, 15) is 0 Å². The van der Waals surface area contributed by atoms with Crippen molar-refractivity contribution in [2.24, 2.45) is 0 Å². The molecule has 0 aliphatic rings. The Morgan fingerprint density at radius 3 is 1.57 bits per heavy atom. The molecule has 0 amide bonds. The normalized spacial score (nSPS) is 13.0. The maximum atomic E-state index is 16.5. The van der Waals surface area contributed by atoms with Crippen LogP contribution in [-0.4, -0.2) is 19.1 Å². The molecule has 8 heteroatoms. The minimum Gasteiger partial charge on any atom is -0.454 e. The van der Waals surface area contributed by atoms with Gasteiger partial charge in [0.15, 0.2) is 18.3 Å². The summed E-state index contributed by atoms with van der Waals surface area (Å²) in [7, 11) is -3.59. The van der Waals surface area contributed by atoms with Crippen molar-refractivity contribution in [1.29, 1.82) is 0 Å². The molecule has 1 unspecified atom stereocenters. The van der Waals surface area contributed by atoms with Crippen LogP contribution >= 0.6 is 7.14 Å². The number of para-hydroxylation sites is 6. The van der Waals surface area contributed by atoms with Gasteiger partial charge in [0.25, 0.3) is 0 Å².